The lowest BCUT2D eigenvalue weighted by Gasteiger charge is -2.49. The van der Waals surface area contributed by atoms with Crippen molar-refractivity contribution in [1.82, 2.24) is 0 Å². The number of benzene rings is 6. The van der Waals surface area contributed by atoms with Crippen LogP contribution in [0.3, 0.4) is 0 Å². The summed E-state index contributed by atoms with van der Waals surface area (Å²) in [5, 5.41) is 0. The van der Waals surface area contributed by atoms with Gasteiger partial charge >= 0.3 is 0 Å². The molecule has 6 aromatic rings. The molecule has 1 spiro atoms. The van der Waals surface area contributed by atoms with Crippen molar-refractivity contribution in [2.75, 3.05) is 4.90 Å². The zero-order valence-corrected chi connectivity index (χ0v) is 33.5. The molecule has 6 aliphatic rings. The maximum absolute atomic E-state index is 2.70. The van der Waals surface area contributed by atoms with Crippen LogP contribution in [0.15, 0.2) is 149 Å². The lowest BCUT2D eigenvalue weighted by Crippen LogP contribution is -2.44. The Hall–Kier alpha value is -4.53. The third-order valence-corrected chi connectivity index (χ3v) is 16.1. The van der Waals surface area contributed by atoms with Crippen molar-refractivity contribution in [2.24, 2.45) is 23.7 Å². The summed E-state index contributed by atoms with van der Waals surface area (Å²) in [6.45, 7) is 9.86. The third-order valence-electron chi connectivity index (χ3n) is 14.9. The largest absolute Gasteiger partial charge is 0.310 e. The van der Waals surface area contributed by atoms with E-state index in [9.17, 15) is 0 Å². The average Bonchev–Trinajstić information content (AvgIpc) is 3.62. The van der Waals surface area contributed by atoms with Crippen LogP contribution in [0.4, 0.5) is 17.1 Å². The second-order valence-electron chi connectivity index (χ2n) is 18.8. The maximum Gasteiger partial charge on any atom is 0.0551 e. The van der Waals surface area contributed by atoms with Gasteiger partial charge in [-0.25, -0.2) is 0 Å². The molecule has 0 radical (unpaired) electrons. The second kappa shape index (κ2) is 12.2. The highest BCUT2D eigenvalue weighted by Gasteiger charge is 2.65. The minimum atomic E-state index is 0.0324. The maximum atomic E-state index is 2.70. The number of nitrogens with zero attached hydrogens (tertiary/aromatic N) is 1. The molecule has 1 heterocycles. The van der Waals surface area contributed by atoms with Gasteiger partial charge in [0, 0.05) is 26.5 Å². The topological polar surface area (TPSA) is 3.24 Å². The van der Waals surface area contributed by atoms with E-state index in [4.69, 9.17) is 0 Å². The summed E-state index contributed by atoms with van der Waals surface area (Å²) in [5.41, 5.74) is 15.4. The number of fused-ring (bicyclic) bond motifs is 3. The van der Waals surface area contributed by atoms with Crippen LogP contribution in [-0.4, -0.2) is 0 Å². The Kier molecular flexibility index (Phi) is 7.51. The first-order chi connectivity index (χ1) is 26.7. The van der Waals surface area contributed by atoms with Gasteiger partial charge in [0.1, 0.15) is 0 Å². The molecular formula is C53H51NS. The van der Waals surface area contributed by atoms with E-state index in [1.54, 1.807) is 11.1 Å². The summed E-state index contributed by atoms with van der Waals surface area (Å²) in [6.07, 6.45) is 7.97. The quantitative estimate of drug-likeness (QED) is 0.174. The first kappa shape index (κ1) is 33.8. The minimum Gasteiger partial charge on any atom is -0.310 e. The van der Waals surface area contributed by atoms with Crippen molar-refractivity contribution < 1.29 is 0 Å². The van der Waals surface area contributed by atoms with Crippen molar-refractivity contribution in [3.63, 3.8) is 0 Å². The van der Waals surface area contributed by atoms with E-state index < -0.39 is 0 Å². The summed E-state index contributed by atoms with van der Waals surface area (Å²) in [5.74, 6) is 3.23. The molecule has 2 heteroatoms. The van der Waals surface area contributed by atoms with Gasteiger partial charge in [-0.3, -0.25) is 0 Å². The molecule has 4 saturated carbocycles. The standard InChI is InChI=1S/C53H51NS/c1-51(2)26-27-52(3,4)50-43(51)19-13-20-46(50)54(40-24-22-36(23-25-40)35-14-7-5-8-15-35)47-33-49-45(32-41(47)37-16-9-6-10-17-37)53(42-18-11-12-21-48(42)55-49)39-29-34-28-38(31-39)44(53)30-34/h5-25,32-34,38-39,44H,26-31H2,1-4H3. The Morgan fingerprint density at radius 3 is 1.96 bits per heavy atom. The molecule has 4 fully saturated rings. The van der Waals surface area contributed by atoms with Gasteiger partial charge in [-0.1, -0.05) is 143 Å². The van der Waals surface area contributed by atoms with E-state index in [0.717, 1.165) is 23.7 Å². The first-order valence-electron chi connectivity index (χ1n) is 20.8. The number of rotatable bonds is 5. The zero-order valence-electron chi connectivity index (χ0n) is 32.7. The summed E-state index contributed by atoms with van der Waals surface area (Å²) in [7, 11) is 0. The Morgan fingerprint density at radius 2 is 1.20 bits per heavy atom. The van der Waals surface area contributed by atoms with Crippen LogP contribution < -0.4 is 4.90 Å². The van der Waals surface area contributed by atoms with Gasteiger partial charge in [-0.15, -0.1) is 0 Å². The van der Waals surface area contributed by atoms with Crippen molar-refractivity contribution in [3.8, 4) is 22.3 Å². The summed E-state index contributed by atoms with van der Waals surface area (Å²) in [6, 6.07) is 53.5. The van der Waals surface area contributed by atoms with Crippen LogP contribution in [-0.2, 0) is 16.2 Å². The van der Waals surface area contributed by atoms with Crippen LogP contribution in [0.2, 0.25) is 0 Å². The summed E-state index contributed by atoms with van der Waals surface area (Å²) >= 11 is 2.02. The lowest BCUT2D eigenvalue weighted by atomic mass is 9.57. The van der Waals surface area contributed by atoms with E-state index in [1.165, 1.54) is 98.8 Å². The molecular weight excluding hydrogens is 683 g/mol. The van der Waals surface area contributed by atoms with Gasteiger partial charge in [0.25, 0.3) is 0 Å². The summed E-state index contributed by atoms with van der Waals surface area (Å²) < 4.78 is 0. The fraction of sp³-hybridized carbons (Fsp3) is 0.321. The molecule has 6 aromatic carbocycles. The Morgan fingerprint density at radius 1 is 0.527 bits per heavy atom. The van der Waals surface area contributed by atoms with Crippen LogP contribution >= 0.6 is 11.8 Å². The fourth-order valence-electron chi connectivity index (χ4n) is 12.5. The van der Waals surface area contributed by atoms with Crippen LogP contribution in [0.5, 0.6) is 0 Å². The summed E-state index contributed by atoms with van der Waals surface area (Å²) in [4.78, 5) is 5.59. The average molecular weight is 734 g/mol. The number of anilines is 3. The van der Waals surface area contributed by atoms with Crippen molar-refractivity contribution in [3.05, 3.63) is 162 Å². The monoisotopic (exact) mass is 733 g/mol. The van der Waals surface area contributed by atoms with E-state index in [-0.39, 0.29) is 16.2 Å². The Bertz CT molecular complexity index is 2440. The molecule has 274 valence electrons. The molecule has 1 aliphatic heterocycles. The van der Waals surface area contributed by atoms with Gasteiger partial charge in [0.2, 0.25) is 0 Å². The normalized spacial score (nSPS) is 26.0. The zero-order chi connectivity index (χ0) is 37.1. The predicted octanol–water partition coefficient (Wildman–Crippen LogP) is 14.7. The van der Waals surface area contributed by atoms with E-state index in [0.29, 0.717) is 0 Å². The highest BCUT2D eigenvalue weighted by atomic mass is 32.2. The first-order valence-corrected chi connectivity index (χ1v) is 21.6. The molecule has 0 aromatic heterocycles. The third kappa shape index (κ3) is 4.99. The van der Waals surface area contributed by atoms with Crippen molar-refractivity contribution in [2.45, 2.75) is 92.3 Å². The molecule has 12 rings (SSSR count). The smallest absolute Gasteiger partial charge is 0.0551 e. The highest BCUT2D eigenvalue weighted by molar-refractivity contribution is 7.99. The fourth-order valence-corrected chi connectivity index (χ4v) is 13.8. The molecule has 4 bridgehead atoms. The van der Waals surface area contributed by atoms with Crippen LogP contribution in [0.1, 0.15) is 88.5 Å². The molecule has 0 N–H and O–H groups in total. The second-order valence-corrected chi connectivity index (χ2v) is 19.9. The number of hydrogen-bond donors (Lipinski definition) is 0. The predicted molar refractivity (Wildman–Crippen MR) is 231 cm³/mol. The van der Waals surface area contributed by atoms with Crippen molar-refractivity contribution in [1.29, 1.82) is 0 Å². The molecule has 5 aliphatic carbocycles. The molecule has 5 atom stereocenters. The Balaban J connectivity index is 1.20. The SMILES string of the molecule is CC1(C)CCC(C)(C)c2c(N(c3ccc(-c4ccccc4)cc3)c3cc4c(cc3-c3ccccc3)C3(c5ccccc5S4)C4CC5CC(C4)C3C5)cccc21. The van der Waals surface area contributed by atoms with Crippen LogP contribution in [0.25, 0.3) is 22.3 Å². The lowest BCUT2D eigenvalue weighted by molar-refractivity contribution is 0.181. The van der Waals surface area contributed by atoms with Gasteiger partial charge in [0.15, 0.2) is 0 Å². The van der Waals surface area contributed by atoms with Crippen molar-refractivity contribution >= 4 is 28.8 Å². The highest BCUT2D eigenvalue weighted by Crippen LogP contribution is 2.73. The molecule has 5 unspecified atom stereocenters. The molecule has 0 saturated heterocycles. The van der Waals surface area contributed by atoms with Gasteiger partial charge in [-0.2, -0.15) is 0 Å². The molecule has 55 heavy (non-hydrogen) atoms. The van der Waals surface area contributed by atoms with Gasteiger partial charge in [0.05, 0.1) is 11.4 Å². The van der Waals surface area contributed by atoms with Gasteiger partial charge in [-0.05, 0) is 148 Å². The molecule has 0 amide bonds. The number of hydrogen-bond acceptors (Lipinski definition) is 2. The minimum absolute atomic E-state index is 0.0324. The Labute approximate surface area is 332 Å². The van der Waals surface area contributed by atoms with E-state index >= 15 is 0 Å². The van der Waals surface area contributed by atoms with Gasteiger partial charge < -0.3 is 4.90 Å². The van der Waals surface area contributed by atoms with E-state index in [2.05, 4.69) is 172 Å². The van der Waals surface area contributed by atoms with E-state index in [1.807, 2.05) is 11.8 Å². The molecule has 1 nitrogen and oxygen atoms in total. The van der Waals surface area contributed by atoms with Crippen LogP contribution in [0, 0.1) is 23.7 Å².